The van der Waals surface area contributed by atoms with Gasteiger partial charge in [-0.1, -0.05) is 6.07 Å². The predicted molar refractivity (Wildman–Crippen MR) is 55.3 cm³/mol. The topological polar surface area (TPSA) is 55.8 Å². The Morgan fingerprint density at radius 1 is 1.44 bits per heavy atom. The predicted octanol–water partition coefficient (Wildman–Crippen LogP) is 1.78. The molecule has 0 bridgehead atoms. The summed E-state index contributed by atoms with van der Waals surface area (Å²) in [6.45, 7) is -0.936. The lowest BCUT2D eigenvalue weighted by Crippen LogP contribution is -2.34. The van der Waals surface area contributed by atoms with E-state index in [1.54, 1.807) is 0 Å². The number of hydrogen-bond donors (Lipinski definition) is 1. The molecule has 0 fully saturated rings. The van der Waals surface area contributed by atoms with Crippen LogP contribution in [0.1, 0.15) is 10.4 Å². The highest BCUT2D eigenvalue weighted by molar-refractivity contribution is 5.89. The number of esters is 1. The fraction of sp³-hybridized carbons (Fsp3) is 0.364. The highest BCUT2D eigenvalue weighted by atomic mass is 19.4. The summed E-state index contributed by atoms with van der Waals surface area (Å²) in [7, 11) is 1.18. The maximum atomic E-state index is 12.0. The van der Waals surface area contributed by atoms with Crippen LogP contribution in [0.25, 0.3) is 0 Å². The van der Waals surface area contributed by atoms with E-state index in [4.69, 9.17) is 9.84 Å². The first-order chi connectivity index (χ1) is 8.34. The Kier molecular flexibility index (Phi) is 4.55. The summed E-state index contributed by atoms with van der Waals surface area (Å²) in [6.07, 6.45) is -7.31. The zero-order chi connectivity index (χ0) is 13.8. The molecule has 0 heterocycles. The maximum absolute atomic E-state index is 12.0. The summed E-state index contributed by atoms with van der Waals surface area (Å²) >= 11 is 0. The zero-order valence-electron chi connectivity index (χ0n) is 9.40. The van der Waals surface area contributed by atoms with Gasteiger partial charge in [-0.25, -0.2) is 4.79 Å². The SMILES string of the molecule is COC(=O)c1cccc(OC[C@H](O)C(F)(F)F)c1. The van der Waals surface area contributed by atoms with Gasteiger partial charge in [-0.2, -0.15) is 13.2 Å². The largest absolute Gasteiger partial charge is 0.491 e. The van der Waals surface area contributed by atoms with E-state index in [-0.39, 0.29) is 11.3 Å². The third kappa shape index (κ3) is 3.92. The standard InChI is InChI=1S/C11H11F3O4/c1-17-10(16)7-3-2-4-8(5-7)18-6-9(15)11(12,13)14/h2-5,9,15H,6H2,1H3/t9-/m0/s1. The van der Waals surface area contributed by atoms with Crippen LogP contribution in [0.4, 0.5) is 13.2 Å². The summed E-state index contributed by atoms with van der Waals surface area (Å²) in [5.74, 6) is -0.585. The zero-order valence-corrected chi connectivity index (χ0v) is 9.40. The first-order valence-electron chi connectivity index (χ1n) is 4.90. The number of hydrogen-bond acceptors (Lipinski definition) is 4. The second-order valence-electron chi connectivity index (χ2n) is 3.39. The molecule has 1 aromatic carbocycles. The van der Waals surface area contributed by atoms with Crippen LogP contribution in [0.2, 0.25) is 0 Å². The average molecular weight is 264 g/mol. The first kappa shape index (κ1) is 14.3. The van der Waals surface area contributed by atoms with Gasteiger partial charge in [0.05, 0.1) is 12.7 Å². The molecule has 0 aliphatic heterocycles. The molecular weight excluding hydrogens is 253 g/mol. The third-order valence-corrected chi connectivity index (χ3v) is 2.04. The Bertz CT molecular complexity index is 417. The summed E-state index contributed by atoms with van der Waals surface area (Å²) in [6, 6.07) is 5.46. The third-order valence-electron chi connectivity index (χ3n) is 2.04. The van der Waals surface area contributed by atoms with E-state index in [2.05, 4.69) is 4.74 Å². The molecule has 0 radical (unpaired) electrons. The van der Waals surface area contributed by atoms with Crippen molar-refractivity contribution in [2.24, 2.45) is 0 Å². The minimum atomic E-state index is -4.74. The monoisotopic (exact) mass is 264 g/mol. The fourth-order valence-corrected chi connectivity index (χ4v) is 1.10. The van der Waals surface area contributed by atoms with Gasteiger partial charge in [-0.05, 0) is 18.2 Å². The number of carbonyl (C=O) groups is 1. The van der Waals surface area contributed by atoms with Crippen molar-refractivity contribution in [1.29, 1.82) is 0 Å². The van der Waals surface area contributed by atoms with Gasteiger partial charge in [0.2, 0.25) is 0 Å². The number of benzene rings is 1. The van der Waals surface area contributed by atoms with Crippen LogP contribution in [0, 0.1) is 0 Å². The smallest absolute Gasteiger partial charge is 0.417 e. The number of aliphatic hydroxyl groups is 1. The highest BCUT2D eigenvalue weighted by Crippen LogP contribution is 2.21. The molecule has 1 rings (SSSR count). The molecule has 1 aromatic rings. The van der Waals surface area contributed by atoms with E-state index < -0.39 is 24.9 Å². The van der Waals surface area contributed by atoms with Crippen LogP contribution < -0.4 is 4.74 Å². The van der Waals surface area contributed by atoms with Crippen LogP contribution in [0.5, 0.6) is 5.75 Å². The number of halogens is 3. The minimum absolute atomic E-state index is 0.0428. The molecule has 0 aliphatic rings. The number of alkyl halides is 3. The number of carbonyl (C=O) groups excluding carboxylic acids is 1. The van der Waals surface area contributed by atoms with Crippen LogP contribution in [0.15, 0.2) is 24.3 Å². The van der Waals surface area contributed by atoms with E-state index in [1.165, 1.54) is 31.4 Å². The Morgan fingerprint density at radius 2 is 2.11 bits per heavy atom. The molecule has 7 heteroatoms. The van der Waals surface area contributed by atoms with E-state index in [0.29, 0.717) is 0 Å². The van der Waals surface area contributed by atoms with Gasteiger partial charge in [0.15, 0.2) is 6.10 Å². The molecule has 4 nitrogen and oxygen atoms in total. The van der Waals surface area contributed by atoms with Gasteiger partial charge >= 0.3 is 12.1 Å². The van der Waals surface area contributed by atoms with Gasteiger partial charge in [0.1, 0.15) is 12.4 Å². The van der Waals surface area contributed by atoms with Crippen molar-refractivity contribution >= 4 is 5.97 Å². The molecule has 100 valence electrons. The Morgan fingerprint density at radius 3 is 2.67 bits per heavy atom. The van der Waals surface area contributed by atoms with E-state index in [0.717, 1.165) is 0 Å². The quantitative estimate of drug-likeness (QED) is 0.842. The second-order valence-corrected chi connectivity index (χ2v) is 3.39. The number of aliphatic hydroxyl groups excluding tert-OH is 1. The highest BCUT2D eigenvalue weighted by Gasteiger charge is 2.38. The molecule has 0 spiro atoms. The van der Waals surface area contributed by atoms with Crippen molar-refractivity contribution in [2.75, 3.05) is 13.7 Å². The first-order valence-corrected chi connectivity index (χ1v) is 4.90. The van der Waals surface area contributed by atoms with Crippen LogP contribution in [-0.4, -0.2) is 37.1 Å². The number of rotatable bonds is 4. The van der Waals surface area contributed by atoms with Gasteiger partial charge in [0, 0.05) is 0 Å². The van der Waals surface area contributed by atoms with Crippen LogP contribution in [0.3, 0.4) is 0 Å². The molecule has 0 saturated carbocycles. The van der Waals surface area contributed by atoms with E-state index in [9.17, 15) is 18.0 Å². The van der Waals surface area contributed by atoms with Crippen molar-refractivity contribution in [1.82, 2.24) is 0 Å². The summed E-state index contributed by atoms with van der Waals surface area (Å²) in [4.78, 5) is 11.2. The van der Waals surface area contributed by atoms with E-state index in [1.807, 2.05) is 0 Å². The normalized spacial score (nSPS) is 12.9. The lowest BCUT2D eigenvalue weighted by atomic mass is 10.2. The Balaban J connectivity index is 2.66. The van der Waals surface area contributed by atoms with Gasteiger partial charge < -0.3 is 14.6 Å². The Hall–Kier alpha value is -1.76. The summed E-state index contributed by atoms with van der Waals surface area (Å²) < 4.78 is 45.2. The average Bonchev–Trinajstić information content (AvgIpc) is 2.34. The Labute approximate surface area is 101 Å². The number of methoxy groups -OCH3 is 1. The van der Waals surface area contributed by atoms with Crippen molar-refractivity contribution in [3.63, 3.8) is 0 Å². The molecule has 1 atom stereocenters. The van der Waals surface area contributed by atoms with E-state index >= 15 is 0 Å². The van der Waals surface area contributed by atoms with Gasteiger partial charge in [0.25, 0.3) is 0 Å². The summed E-state index contributed by atoms with van der Waals surface area (Å²) in [5.41, 5.74) is 0.150. The maximum Gasteiger partial charge on any atom is 0.417 e. The lowest BCUT2D eigenvalue weighted by molar-refractivity contribution is -0.210. The van der Waals surface area contributed by atoms with Gasteiger partial charge in [-0.3, -0.25) is 0 Å². The molecule has 0 amide bonds. The van der Waals surface area contributed by atoms with Crippen molar-refractivity contribution in [2.45, 2.75) is 12.3 Å². The molecule has 1 N–H and O–H groups in total. The second kappa shape index (κ2) is 5.72. The molecule has 0 unspecified atom stereocenters. The minimum Gasteiger partial charge on any atom is -0.491 e. The molecular formula is C11H11F3O4. The van der Waals surface area contributed by atoms with Crippen molar-refractivity contribution < 1.29 is 32.5 Å². The molecule has 0 aliphatic carbocycles. The summed E-state index contributed by atoms with van der Waals surface area (Å²) in [5, 5.41) is 8.73. The number of ether oxygens (including phenoxy) is 2. The lowest BCUT2D eigenvalue weighted by Gasteiger charge is -2.15. The molecule has 0 aromatic heterocycles. The van der Waals surface area contributed by atoms with Crippen LogP contribution in [-0.2, 0) is 4.74 Å². The molecule has 0 saturated heterocycles. The van der Waals surface area contributed by atoms with Gasteiger partial charge in [-0.15, -0.1) is 0 Å². The van der Waals surface area contributed by atoms with Crippen LogP contribution >= 0.6 is 0 Å². The van der Waals surface area contributed by atoms with Crippen molar-refractivity contribution in [3.8, 4) is 5.75 Å². The molecule has 18 heavy (non-hydrogen) atoms. The fourth-order valence-electron chi connectivity index (χ4n) is 1.10. The van der Waals surface area contributed by atoms with Crippen molar-refractivity contribution in [3.05, 3.63) is 29.8 Å².